The van der Waals surface area contributed by atoms with E-state index in [1.165, 1.54) is 4.88 Å². The first-order chi connectivity index (χ1) is 10.4. The van der Waals surface area contributed by atoms with E-state index in [1.807, 2.05) is 29.0 Å². The van der Waals surface area contributed by atoms with Crippen LogP contribution < -0.4 is 5.32 Å². The summed E-state index contributed by atoms with van der Waals surface area (Å²) in [5.74, 6) is 0. The van der Waals surface area contributed by atoms with Gasteiger partial charge in [-0.15, -0.1) is 16.4 Å². The molecule has 0 unspecified atom stereocenters. The molecule has 0 fully saturated rings. The molecule has 0 radical (unpaired) electrons. The Morgan fingerprint density at radius 2 is 2.24 bits per heavy atom. The normalized spacial score (nSPS) is 11.0. The molecule has 0 saturated heterocycles. The molecule has 104 valence electrons. The van der Waals surface area contributed by atoms with E-state index in [4.69, 9.17) is 0 Å². The van der Waals surface area contributed by atoms with Gasteiger partial charge in [0, 0.05) is 22.8 Å². The first kappa shape index (κ1) is 12.5. The molecule has 4 aromatic heterocycles. The highest BCUT2D eigenvalue weighted by molar-refractivity contribution is 7.20. The summed E-state index contributed by atoms with van der Waals surface area (Å²) in [4.78, 5) is 10.9. The maximum absolute atomic E-state index is 4.59. The fourth-order valence-electron chi connectivity index (χ4n) is 2.00. The van der Waals surface area contributed by atoms with Crippen LogP contribution in [0, 0.1) is 0 Å². The summed E-state index contributed by atoms with van der Waals surface area (Å²) in [6.45, 7) is 0.795. The van der Waals surface area contributed by atoms with Crippen molar-refractivity contribution >= 4 is 32.8 Å². The molecule has 0 aromatic carbocycles. The van der Waals surface area contributed by atoms with Gasteiger partial charge in [0.2, 0.25) is 10.1 Å². The van der Waals surface area contributed by atoms with Crippen molar-refractivity contribution in [2.24, 2.45) is 0 Å². The Balaban J connectivity index is 1.56. The lowest BCUT2D eigenvalue weighted by Gasteiger charge is -1.97. The molecule has 4 aromatic rings. The lowest BCUT2D eigenvalue weighted by molar-refractivity contribution is 0.964. The van der Waals surface area contributed by atoms with Crippen LogP contribution in [-0.2, 0) is 6.54 Å². The number of thiophene rings is 1. The summed E-state index contributed by atoms with van der Waals surface area (Å²) in [7, 11) is 0. The number of nitrogens with one attached hydrogen (secondary N) is 1. The molecule has 0 aliphatic rings. The molecule has 0 atom stereocenters. The number of imidazole rings is 1. The van der Waals surface area contributed by atoms with E-state index in [0.29, 0.717) is 0 Å². The third-order valence-corrected chi connectivity index (χ3v) is 4.75. The monoisotopic (exact) mass is 313 g/mol. The third-order valence-electron chi connectivity index (χ3n) is 2.99. The van der Waals surface area contributed by atoms with Gasteiger partial charge in [0.25, 0.3) is 0 Å². The van der Waals surface area contributed by atoms with Crippen LogP contribution >= 0.6 is 22.7 Å². The Bertz CT molecular complexity index is 817. The number of anilines is 1. The molecule has 0 spiro atoms. The molecule has 0 bridgehead atoms. The third kappa shape index (κ3) is 2.53. The van der Waals surface area contributed by atoms with Crippen LogP contribution in [0.25, 0.3) is 16.2 Å². The van der Waals surface area contributed by atoms with Crippen LogP contribution in [0.1, 0.15) is 4.88 Å². The average Bonchev–Trinajstić information content (AvgIpc) is 3.22. The minimum atomic E-state index is 0.795. The van der Waals surface area contributed by atoms with Gasteiger partial charge in [-0.25, -0.2) is 9.50 Å². The number of pyridine rings is 1. The highest BCUT2D eigenvalue weighted by Crippen LogP contribution is 2.24. The van der Waals surface area contributed by atoms with Crippen molar-refractivity contribution in [3.63, 3.8) is 0 Å². The van der Waals surface area contributed by atoms with Gasteiger partial charge in [-0.05, 0) is 23.6 Å². The Hall–Kier alpha value is -2.25. The second-order valence-corrected chi connectivity index (χ2v) is 6.42. The van der Waals surface area contributed by atoms with Crippen molar-refractivity contribution in [2.45, 2.75) is 6.54 Å². The van der Waals surface area contributed by atoms with Gasteiger partial charge in [-0.3, -0.25) is 4.98 Å². The van der Waals surface area contributed by atoms with E-state index in [-0.39, 0.29) is 0 Å². The summed E-state index contributed by atoms with van der Waals surface area (Å²) >= 11 is 3.28. The predicted octanol–water partition coefficient (Wildman–Crippen LogP) is 3.53. The van der Waals surface area contributed by atoms with Crippen LogP contribution in [0.4, 0.5) is 5.13 Å². The van der Waals surface area contributed by atoms with Gasteiger partial charge in [0.05, 0.1) is 18.4 Å². The number of aromatic nitrogens is 4. The van der Waals surface area contributed by atoms with Crippen molar-refractivity contribution in [1.29, 1.82) is 0 Å². The van der Waals surface area contributed by atoms with E-state index >= 15 is 0 Å². The molecule has 21 heavy (non-hydrogen) atoms. The first-order valence-corrected chi connectivity index (χ1v) is 8.11. The molecular formula is C14H11N5S2. The largest absolute Gasteiger partial charge is 0.355 e. The van der Waals surface area contributed by atoms with Gasteiger partial charge >= 0.3 is 0 Å². The topological polar surface area (TPSA) is 55.1 Å². The van der Waals surface area contributed by atoms with Crippen molar-refractivity contribution in [3.8, 4) is 11.3 Å². The van der Waals surface area contributed by atoms with Gasteiger partial charge in [0.1, 0.15) is 0 Å². The quantitative estimate of drug-likeness (QED) is 0.626. The van der Waals surface area contributed by atoms with E-state index in [2.05, 4.69) is 37.9 Å². The Morgan fingerprint density at radius 1 is 1.24 bits per heavy atom. The molecule has 7 heteroatoms. The molecule has 0 aliphatic heterocycles. The highest BCUT2D eigenvalue weighted by Gasteiger charge is 2.09. The van der Waals surface area contributed by atoms with Gasteiger partial charge in [-0.1, -0.05) is 17.4 Å². The Labute approximate surface area is 128 Å². The zero-order valence-corrected chi connectivity index (χ0v) is 12.6. The van der Waals surface area contributed by atoms with E-state index in [1.54, 1.807) is 28.9 Å². The fourth-order valence-corrected chi connectivity index (χ4v) is 3.42. The molecule has 0 amide bonds. The molecule has 5 nitrogen and oxygen atoms in total. The number of fused-ring (bicyclic) bond motifs is 1. The van der Waals surface area contributed by atoms with E-state index < -0.39 is 0 Å². The van der Waals surface area contributed by atoms with Crippen LogP contribution in [0.2, 0.25) is 0 Å². The van der Waals surface area contributed by atoms with Crippen molar-refractivity contribution in [1.82, 2.24) is 19.6 Å². The SMILES string of the molecule is c1cncc(-c2cn3nc(NCc4cccs4)sc3n2)c1. The number of nitrogens with zero attached hydrogens (tertiary/aromatic N) is 4. The molecular weight excluding hydrogens is 302 g/mol. The average molecular weight is 313 g/mol. The van der Waals surface area contributed by atoms with Gasteiger partial charge < -0.3 is 5.32 Å². The van der Waals surface area contributed by atoms with Crippen molar-refractivity contribution in [3.05, 3.63) is 53.1 Å². The summed E-state index contributed by atoms with van der Waals surface area (Å²) < 4.78 is 1.81. The maximum atomic E-state index is 4.59. The molecule has 4 heterocycles. The maximum Gasteiger partial charge on any atom is 0.214 e. The summed E-state index contributed by atoms with van der Waals surface area (Å²) in [5.41, 5.74) is 1.90. The van der Waals surface area contributed by atoms with Crippen LogP contribution in [0.5, 0.6) is 0 Å². The minimum absolute atomic E-state index is 0.795. The molecule has 4 rings (SSSR count). The zero-order valence-electron chi connectivity index (χ0n) is 10.9. The summed E-state index contributed by atoms with van der Waals surface area (Å²) in [6.07, 6.45) is 5.49. The lowest BCUT2D eigenvalue weighted by atomic mass is 10.2. The number of rotatable bonds is 4. The van der Waals surface area contributed by atoms with Crippen LogP contribution in [-0.4, -0.2) is 19.6 Å². The second kappa shape index (κ2) is 5.27. The molecule has 1 N–H and O–H groups in total. The smallest absolute Gasteiger partial charge is 0.214 e. The van der Waals surface area contributed by atoms with E-state index in [9.17, 15) is 0 Å². The predicted molar refractivity (Wildman–Crippen MR) is 85.7 cm³/mol. The lowest BCUT2D eigenvalue weighted by Crippen LogP contribution is -1.97. The van der Waals surface area contributed by atoms with Crippen LogP contribution in [0.15, 0.2) is 48.2 Å². The van der Waals surface area contributed by atoms with Crippen LogP contribution in [0.3, 0.4) is 0 Å². The fraction of sp³-hybridized carbons (Fsp3) is 0.0714. The first-order valence-electron chi connectivity index (χ1n) is 6.41. The summed E-state index contributed by atoms with van der Waals surface area (Å²) in [6, 6.07) is 8.06. The minimum Gasteiger partial charge on any atom is -0.355 e. The summed E-state index contributed by atoms with van der Waals surface area (Å²) in [5, 5.41) is 10.8. The number of hydrogen-bond donors (Lipinski definition) is 1. The van der Waals surface area contributed by atoms with Crippen molar-refractivity contribution < 1.29 is 0 Å². The zero-order chi connectivity index (χ0) is 14.1. The number of hydrogen-bond acceptors (Lipinski definition) is 6. The van der Waals surface area contributed by atoms with E-state index in [0.717, 1.165) is 27.9 Å². The molecule has 0 aliphatic carbocycles. The van der Waals surface area contributed by atoms with Gasteiger partial charge in [-0.2, -0.15) is 0 Å². The standard InChI is InChI=1S/C14H11N5S2/c1-3-10(7-15-5-1)12-9-19-14(17-12)21-13(18-19)16-8-11-4-2-6-20-11/h1-7,9H,8H2,(H,16,18). The van der Waals surface area contributed by atoms with Crippen molar-refractivity contribution in [2.75, 3.05) is 5.32 Å². The second-order valence-electron chi connectivity index (χ2n) is 4.44. The van der Waals surface area contributed by atoms with Gasteiger partial charge in [0.15, 0.2) is 0 Å². The Kier molecular flexibility index (Phi) is 3.13. The molecule has 0 saturated carbocycles. The Morgan fingerprint density at radius 3 is 3.00 bits per heavy atom. The highest BCUT2D eigenvalue weighted by atomic mass is 32.1.